The van der Waals surface area contributed by atoms with Gasteiger partial charge >= 0.3 is 0 Å². The Bertz CT molecular complexity index is 852. The SMILES string of the molecule is CCC(Oc1cccc(Cl)c1)C(=O)NC1CC(C)(C)Oc2cc(OC)ccc21. The molecule has 2 aromatic carbocycles. The fourth-order valence-electron chi connectivity index (χ4n) is 3.38. The first-order valence-electron chi connectivity index (χ1n) is 9.41. The molecule has 1 amide bonds. The van der Waals surface area contributed by atoms with Gasteiger partial charge in [-0.15, -0.1) is 0 Å². The first-order chi connectivity index (χ1) is 13.3. The van der Waals surface area contributed by atoms with Gasteiger partial charge in [0.25, 0.3) is 5.91 Å². The van der Waals surface area contributed by atoms with Crippen LogP contribution in [-0.4, -0.2) is 24.7 Å². The molecule has 2 aromatic rings. The Balaban J connectivity index is 1.78. The molecule has 5 nitrogen and oxygen atoms in total. The number of hydrogen-bond acceptors (Lipinski definition) is 4. The van der Waals surface area contributed by atoms with Crippen LogP contribution in [0.5, 0.6) is 17.2 Å². The van der Waals surface area contributed by atoms with Gasteiger partial charge in [0.15, 0.2) is 6.10 Å². The van der Waals surface area contributed by atoms with Gasteiger partial charge in [-0.05, 0) is 50.6 Å². The highest BCUT2D eigenvalue weighted by Gasteiger charge is 2.36. The molecule has 1 aliphatic heterocycles. The quantitative estimate of drug-likeness (QED) is 0.743. The summed E-state index contributed by atoms with van der Waals surface area (Å²) >= 11 is 6.01. The molecule has 150 valence electrons. The zero-order chi connectivity index (χ0) is 20.3. The lowest BCUT2D eigenvalue weighted by Crippen LogP contribution is -2.45. The van der Waals surface area contributed by atoms with E-state index in [2.05, 4.69) is 5.32 Å². The molecule has 3 rings (SSSR count). The number of fused-ring (bicyclic) bond motifs is 1. The number of nitrogens with one attached hydrogen (secondary N) is 1. The molecule has 1 heterocycles. The van der Waals surface area contributed by atoms with E-state index in [1.165, 1.54) is 0 Å². The topological polar surface area (TPSA) is 56.8 Å². The van der Waals surface area contributed by atoms with Crippen molar-refractivity contribution in [2.45, 2.75) is 51.4 Å². The summed E-state index contributed by atoms with van der Waals surface area (Å²) in [5, 5.41) is 3.71. The van der Waals surface area contributed by atoms with Crippen LogP contribution in [0.2, 0.25) is 5.02 Å². The van der Waals surface area contributed by atoms with E-state index in [1.807, 2.05) is 39.0 Å². The van der Waals surface area contributed by atoms with Crippen LogP contribution in [0.25, 0.3) is 0 Å². The summed E-state index contributed by atoms with van der Waals surface area (Å²) in [5.41, 5.74) is 0.526. The van der Waals surface area contributed by atoms with Crippen molar-refractivity contribution in [3.63, 3.8) is 0 Å². The third-order valence-corrected chi connectivity index (χ3v) is 4.97. The Kier molecular flexibility index (Phi) is 6.04. The summed E-state index contributed by atoms with van der Waals surface area (Å²) in [7, 11) is 1.62. The van der Waals surface area contributed by atoms with Crippen molar-refractivity contribution in [1.82, 2.24) is 5.32 Å². The lowest BCUT2D eigenvalue weighted by molar-refractivity contribution is -0.129. The number of carbonyl (C=O) groups excluding carboxylic acids is 1. The smallest absolute Gasteiger partial charge is 0.261 e. The van der Waals surface area contributed by atoms with Gasteiger partial charge < -0.3 is 19.5 Å². The number of carbonyl (C=O) groups is 1. The molecule has 28 heavy (non-hydrogen) atoms. The lowest BCUT2D eigenvalue weighted by Gasteiger charge is -2.38. The standard InChI is InChI=1S/C22H26ClNO4/c1-5-19(27-16-8-6-7-14(23)11-16)21(25)24-18-13-22(2,3)28-20-12-15(26-4)9-10-17(18)20/h6-12,18-19H,5,13H2,1-4H3,(H,24,25). The predicted octanol–water partition coefficient (Wildman–Crippen LogP) is 4.92. The lowest BCUT2D eigenvalue weighted by atomic mass is 9.89. The summed E-state index contributed by atoms with van der Waals surface area (Å²) in [6, 6.07) is 12.6. The van der Waals surface area contributed by atoms with Crippen molar-refractivity contribution >= 4 is 17.5 Å². The van der Waals surface area contributed by atoms with Gasteiger partial charge in [0.05, 0.1) is 13.2 Å². The van der Waals surface area contributed by atoms with Gasteiger partial charge in [-0.1, -0.05) is 24.6 Å². The molecule has 0 fully saturated rings. The van der Waals surface area contributed by atoms with Crippen LogP contribution in [0.4, 0.5) is 0 Å². The molecule has 6 heteroatoms. The molecule has 2 unspecified atom stereocenters. The molecule has 0 radical (unpaired) electrons. The maximum atomic E-state index is 12.9. The minimum absolute atomic E-state index is 0.160. The molecular formula is C22H26ClNO4. The van der Waals surface area contributed by atoms with Crippen LogP contribution < -0.4 is 19.5 Å². The highest BCUT2D eigenvalue weighted by molar-refractivity contribution is 6.30. The monoisotopic (exact) mass is 403 g/mol. The van der Waals surface area contributed by atoms with E-state index >= 15 is 0 Å². The molecule has 0 spiro atoms. The van der Waals surface area contributed by atoms with E-state index in [1.54, 1.807) is 31.4 Å². The fourth-order valence-corrected chi connectivity index (χ4v) is 3.56. The zero-order valence-corrected chi connectivity index (χ0v) is 17.4. The Labute approximate surface area is 170 Å². The second-order valence-corrected chi connectivity index (χ2v) is 7.94. The van der Waals surface area contributed by atoms with E-state index < -0.39 is 11.7 Å². The van der Waals surface area contributed by atoms with Crippen LogP contribution in [-0.2, 0) is 4.79 Å². The number of rotatable bonds is 6. The van der Waals surface area contributed by atoms with Gasteiger partial charge in [0, 0.05) is 23.1 Å². The number of methoxy groups -OCH3 is 1. The van der Waals surface area contributed by atoms with Crippen molar-refractivity contribution in [3.8, 4) is 17.2 Å². The minimum atomic E-state index is -0.605. The highest BCUT2D eigenvalue weighted by Crippen LogP contribution is 2.41. The molecule has 0 saturated carbocycles. The van der Waals surface area contributed by atoms with E-state index in [-0.39, 0.29) is 11.9 Å². The average molecular weight is 404 g/mol. The van der Waals surface area contributed by atoms with Gasteiger partial charge in [0.1, 0.15) is 22.8 Å². The number of halogens is 1. The number of hydrogen-bond donors (Lipinski definition) is 1. The van der Waals surface area contributed by atoms with Gasteiger partial charge in [-0.3, -0.25) is 4.79 Å². The third kappa shape index (κ3) is 4.71. The fraction of sp³-hybridized carbons (Fsp3) is 0.409. The molecule has 0 aliphatic carbocycles. The van der Waals surface area contributed by atoms with E-state index in [0.29, 0.717) is 23.6 Å². The van der Waals surface area contributed by atoms with E-state index in [0.717, 1.165) is 17.1 Å². The molecule has 0 aromatic heterocycles. The Morgan fingerprint density at radius 2 is 2.07 bits per heavy atom. The second kappa shape index (κ2) is 8.31. The number of amides is 1. The molecule has 0 bridgehead atoms. The molecule has 2 atom stereocenters. The van der Waals surface area contributed by atoms with E-state index in [9.17, 15) is 4.79 Å². The maximum absolute atomic E-state index is 12.9. The van der Waals surface area contributed by atoms with E-state index in [4.69, 9.17) is 25.8 Å². The van der Waals surface area contributed by atoms with Crippen molar-refractivity contribution in [2.75, 3.05) is 7.11 Å². The molecule has 0 saturated heterocycles. The summed E-state index contributed by atoms with van der Waals surface area (Å²) in [4.78, 5) is 12.9. The predicted molar refractivity (Wildman–Crippen MR) is 109 cm³/mol. The van der Waals surface area contributed by atoms with Crippen LogP contribution >= 0.6 is 11.6 Å². The first-order valence-corrected chi connectivity index (χ1v) is 9.78. The van der Waals surface area contributed by atoms with Crippen LogP contribution in [0.3, 0.4) is 0 Å². The van der Waals surface area contributed by atoms with Crippen LogP contribution in [0.1, 0.15) is 45.2 Å². The first kappa shape index (κ1) is 20.3. The van der Waals surface area contributed by atoms with Crippen LogP contribution in [0.15, 0.2) is 42.5 Å². The maximum Gasteiger partial charge on any atom is 0.261 e. The van der Waals surface area contributed by atoms with Gasteiger partial charge in [-0.25, -0.2) is 0 Å². The molecule has 1 N–H and O–H groups in total. The van der Waals surface area contributed by atoms with Crippen molar-refractivity contribution in [3.05, 3.63) is 53.1 Å². The average Bonchev–Trinajstić information content (AvgIpc) is 2.64. The zero-order valence-electron chi connectivity index (χ0n) is 16.6. The number of ether oxygens (including phenoxy) is 3. The van der Waals surface area contributed by atoms with Crippen molar-refractivity contribution in [1.29, 1.82) is 0 Å². The normalized spacial score (nSPS) is 18.4. The third-order valence-electron chi connectivity index (χ3n) is 4.73. The minimum Gasteiger partial charge on any atom is -0.497 e. The Hall–Kier alpha value is -2.40. The Morgan fingerprint density at radius 3 is 2.75 bits per heavy atom. The highest BCUT2D eigenvalue weighted by atomic mass is 35.5. The summed E-state index contributed by atoms with van der Waals surface area (Å²) in [6.45, 7) is 5.93. The summed E-state index contributed by atoms with van der Waals surface area (Å²) in [5.74, 6) is 1.86. The van der Waals surface area contributed by atoms with Crippen molar-refractivity contribution in [2.24, 2.45) is 0 Å². The van der Waals surface area contributed by atoms with Gasteiger partial charge in [0.2, 0.25) is 0 Å². The summed E-state index contributed by atoms with van der Waals surface area (Å²) < 4.78 is 17.3. The molecule has 1 aliphatic rings. The van der Waals surface area contributed by atoms with Crippen molar-refractivity contribution < 1.29 is 19.0 Å². The van der Waals surface area contributed by atoms with Gasteiger partial charge in [-0.2, -0.15) is 0 Å². The summed E-state index contributed by atoms with van der Waals surface area (Å²) in [6.07, 6.45) is 0.595. The second-order valence-electron chi connectivity index (χ2n) is 7.50. The number of benzene rings is 2. The molecular weight excluding hydrogens is 378 g/mol. The van der Waals surface area contributed by atoms with Crippen LogP contribution in [0, 0.1) is 0 Å². The largest absolute Gasteiger partial charge is 0.497 e. The Morgan fingerprint density at radius 1 is 1.29 bits per heavy atom.